The summed E-state index contributed by atoms with van der Waals surface area (Å²) in [6, 6.07) is 13.3. The van der Waals surface area contributed by atoms with Crippen LogP contribution in [0.25, 0.3) is 0 Å². The van der Waals surface area contributed by atoms with Crippen molar-refractivity contribution >= 4 is 44.0 Å². The Balaban J connectivity index is 1.83. The van der Waals surface area contributed by atoms with Gasteiger partial charge in [-0.15, -0.1) is 0 Å². The summed E-state index contributed by atoms with van der Waals surface area (Å²) in [5.74, 6) is 0.301. The number of halogens is 2. The van der Waals surface area contributed by atoms with E-state index in [4.69, 9.17) is 4.74 Å². The van der Waals surface area contributed by atoms with Crippen molar-refractivity contribution in [2.45, 2.75) is 6.92 Å². The van der Waals surface area contributed by atoms with Crippen LogP contribution in [0.3, 0.4) is 0 Å². The minimum Gasteiger partial charge on any atom is -0.483 e. The SMILES string of the molecule is Cc1ccc(OCC(=O)N/N=C/c2cccc(Br)c2)c(Br)c1. The van der Waals surface area contributed by atoms with Gasteiger partial charge in [-0.2, -0.15) is 5.10 Å². The summed E-state index contributed by atoms with van der Waals surface area (Å²) in [5, 5.41) is 3.89. The topological polar surface area (TPSA) is 50.7 Å². The van der Waals surface area contributed by atoms with Crippen molar-refractivity contribution in [1.29, 1.82) is 0 Å². The summed E-state index contributed by atoms with van der Waals surface area (Å²) in [5.41, 5.74) is 4.43. The van der Waals surface area contributed by atoms with Crippen molar-refractivity contribution in [1.82, 2.24) is 5.43 Å². The van der Waals surface area contributed by atoms with E-state index in [-0.39, 0.29) is 12.5 Å². The summed E-state index contributed by atoms with van der Waals surface area (Å²) in [6.45, 7) is 1.88. The lowest BCUT2D eigenvalue weighted by molar-refractivity contribution is -0.123. The summed E-state index contributed by atoms with van der Waals surface area (Å²) >= 11 is 6.77. The average Bonchev–Trinajstić information content (AvgIpc) is 2.46. The van der Waals surface area contributed by atoms with Gasteiger partial charge in [0.05, 0.1) is 10.7 Å². The maximum Gasteiger partial charge on any atom is 0.277 e. The molecule has 2 aromatic carbocycles. The zero-order valence-electron chi connectivity index (χ0n) is 11.8. The highest BCUT2D eigenvalue weighted by molar-refractivity contribution is 9.10. The zero-order valence-corrected chi connectivity index (χ0v) is 15.0. The van der Waals surface area contributed by atoms with Gasteiger partial charge in [0.25, 0.3) is 5.91 Å². The number of hydrazone groups is 1. The molecule has 0 saturated heterocycles. The molecule has 6 heteroatoms. The van der Waals surface area contributed by atoms with Crippen LogP contribution in [-0.2, 0) is 4.79 Å². The Labute approximate surface area is 145 Å². The van der Waals surface area contributed by atoms with Gasteiger partial charge < -0.3 is 4.74 Å². The fourth-order valence-corrected chi connectivity index (χ4v) is 2.69. The van der Waals surface area contributed by atoms with Crippen LogP contribution >= 0.6 is 31.9 Å². The van der Waals surface area contributed by atoms with E-state index in [1.165, 1.54) is 0 Å². The molecule has 0 heterocycles. The van der Waals surface area contributed by atoms with Gasteiger partial charge in [-0.05, 0) is 58.2 Å². The van der Waals surface area contributed by atoms with E-state index >= 15 is 0 Å². The highest BCUT2D eigenvalue weighted by Gasteiger charge is 2.04. The van der Waals surface area contributed by atoms with Gasteiger partial charge >= 0.3 is 0 Å². The van der Waals surface area contributed by atoms with Crippen molar-refractivity contribution in [3.63, 3.8) is 0 Å². The Hall–Kier alpha value is -1.66. The predicted octanol–water partition coefficient (Wildman–Crippen LogP) is 4.05. The molecule has 0 aliphatic carbocycles. The Morgan fingerprint density at radius 2 is 2.09 bits per heavy atom. The second kappa shape index (κ2) is 8.10. The van der Waals surface area contributed by atoms with E-state index in [9.17, 15) is 4.79 Å². The van der Waals surface area contributed by atoms with Crippen LogP contribution < -0.4 is 10.2 Å². The molecule has 4 nitrogen and oxygen atoms in total. The Bertz CT molecular complexity index is 702. The fourth-order valence-electron chi connectivity index (χ4n) is 1.66. The number of nitrogens with zero attached hydrogens (tertiary/aromatic N) is 1. The number of nitrogens with one attached hydrogen (secondary N) is 1. The minimum atomic E-state index is -0.321. The molecule has 0 aliphatic rings. The molecule has 0 aromatic heterocycles. The minimum absolute atomic E-state index is 0.0997. The molecule has 0 radical (unpaired) electrons. The lowest BCUT2D eigenvalue weighted by Gasteiger charge is -2.07. The first-order valence-electron chi connectivity index (χ1n) is 6.51. The molecular weight excluding hydrogens is 412 g/mol. The van der Waals surface area contributed by atoms with Gasteiger partial charge in [0, 0.05) is 4.47 Å². The van der Waals surface area contributed by atoms with Crippen LogP contribution in [0.5, 0.6) is 5.75 Å². The molecule has 0 atom stereocenters. The van der Waals surface area contributed by atoms with E-state index in [1.54, 1.807) is 6.21 Å². The van der Waals surface area contributed by atoms with Gasteiger partial charge in [0.2, 0.25) is 0 Å². The van der Waals surface area contributed by atoms with E-state index < -0.39 is 0 Å². The molecule has 114 valence electrons. The molecule has 0 aliphatic heterocycles. The molecule has 2 aromatic rings. The van der Waals surface area contributed by atoms with Crippen LogP contribution in [0.1, 0.15) is 11.1 Å². The van der Waals surface area contributed by atoms with Crippen molar-refractivity contribution in [3.8, 4) is 5.75 Å². The average molecular weight is 426 g/mol. The third-order valence-electron chi connectivity index (χ3n) is 2.70. The third-order valence-corrected chi connectivity index (χ3v) is 3.81. The lowest BCUT2D eigenvalue weighted by Crippen LogP contribution is -2.24. The van der Waals surface area contributed by atoms with Crippen molar-refractivity contribution in [3.05, 3.63) is 62.5 Å². The molecule has 1 amide bonds. The molecular formula is C16H14Br2N2O2. The van der Waals surface area contributed by atoms with Crippen LogP contribution in [0, 0.1) is 6.92 Å². The zero-order chi connectivity index (χ0) is 15.9. The van der Waals surface area contributed by atoms with E-state index in [1.807, 2.05) is 49.4 Å². The number of benzene rings is 2. The molecule has 0 unspecified atom stereocenters. The van der Waals surface area contributed by atoms with Gasteiger partial charge in [-0.25, -0.2) is 5.43 Å². The fraction of sp³-hybridized carbons (Fsp3) is 0.125. The van der Waals surface area contributed by atoms with E-state index in [2.05, 4.69) is 42.4 Å². The summed E-state index contributed by atoms with van der Waals surface area (Å²) in [4.78, 5) is 11.7. The molecule has 22 heavy (non-hydrogen) atoms. The number of ether oxygens (including phenoxy) is 1. The molecule has 0 spiro atoms. The van der Waals surface area contributed by atoms with Gasteiger partial charge in [-0.3, -0.25) is 4.79 Å². The van der Waals surface area contributed by atoms with Gasteiger partial charge in [0.1, 0.15) is 5.75 Å². The first-order chi connectivity index (χ1) is 10.5. The highest BCUT2D eigenvalue weighted by Crippen LogP contribution is 2.25. The van der Waals surface area contributed by atoms with Crippen molar-refractivity contribution < 1.29 is 9.53 Å². The number of carbonyl (C=O) groups is 1. The van der Waals surface area contributed by atoms with Crippen LogP contribution in [0.4, 0.5) is 0 Å². The second-order valence-corrected chi connectivity index (χ2v) is 6.34. The highest BCUT2D eigenvalue weighted by atomic mass is 79.9. The van der Waals surface area contributed by atoms with E-state index in [0.717, 1.165) is 20.1 Å². The molecule has 0 fully saturated rings. The first kappa shape index (κ1) is 16.7. The predicted molar refractivity (Wildman–Crippen MR) is 94.3 cm³/mol. The van der Waals surface area contributed by atoms with Crippen molar-refractivity contribution in [2.24, 2.45) is 5.10 Å². The monoisotopic (exact) mass is 424 g/mol. The Morgan fingerprint density at radius 1 is 1.27 bits per heavy atom. The number of rotatable bonds is 5. The molecule has 0 saturated carbocycles. The number of carbonyl (C=O) groups excluding carboxylic acids is 1. The van der Waals surface area contributed by atoms with E-state index in [0.29, 0.717) is 5.75 Å². The number of amides is 1. The van der Waals surface area contributed by atoms with Crippen LogP contribution in [0.15, 0.2) is 56.5 Å². The lowest BCUT2D eigenvalue weighted by atomic mass is 10.2. The number of hydrogen-bond acceptors (Lipinski definition) is 3. The summed E-state index contributed by atoms with van der Waals surface area (Å²) in [7, 11) is 0. The molecule has 2 rings (SSSR count). The third kappa shape index (κ3) is 5.27. The second-order valence-electron chi connectivity index (χ2n) is 4.57. The summed E-state index contributed by atoms with van der Waals surface area (Å²) < 4.78 is 7.21. The number of hydrogen-bond donors (Lipinski definition) is 1. The maximum absolute atomic E-state index is 11.7. The number of aryl methyl sites for hydroxylation is 1. The first-order valence-corrected chi connectivity index (χ1v) is 8.09. The normalized spacial score (nSPS) is 10.7. The summed E-state index contributed by atoms with van der Waals surface area (Å²) in [6.07, 6.45) is 1.57. The maximum atomic E-state index is 11.7. The molecule has 1 N–H and O–H groups in total. The Morgan fingerprint density at radius 3 is 2.82 bits per heavy atom. The van der Waals surface area contributed by atoms with Crippen molar-refractivity contribution in [2.75, 3.05) is 6.61 Å². The largest absolute Gasteiger partial charge is 0.483 e. The van der Waals surface area contributed by atoms with Crippen LogP contribution in [-0.4, -0.2) is 18.7 Å². The van der Waals surface area contributed by atoms with Gasteiger partial charge in [-0.1, -0.05) is 34.1 Å². The quantitative estimate of drug-likeness (QED) is 0.580. The van der Waals surface area contributed by atoms with Gasteiger partial charge in [0.15, 0.2) is 6.61 Å². The molecule has 0 bridgehead atoms. The van der Waals surface area contributed by atoms with Crippen LogP contribution in [0.2, 0.25) is 0 Å². The Kier molecular flexibility index (Phi) is 6.15. The smallest absolute Gasteiger partial charge is 0.277 e. The standard InChI is InChI=1S/C16H14Br2N2O2/c1-11-5-6-15(14(18)7-11)22-10-16(21)20-19-9-12-3-2-4-13(17)8-12/h2-9H,10H2,1H3,(H,20,21)/b19-9+.